The highest BCUT2D eigenvalue weighted by molar-refractivity contribution is 5.76. The summed E-state index contributed by atoms with van der Waals surface area (Å²) in [5.74, 6) is -0.321. The number of aliphatic hydroxyl groups excluding tert-OH is 2. The Balaban J connectivity index is 4.24. The van der Waals surface area contributed by atoms with E-state index in [2.05, 4.69) is 43.5 Å². The van der Waals surface area contributed by atoms with Crippen molar-refractivity contribution in [2.45, 2.75) is 206 Å². The molecule has 3 N–H and O–H groups in total. The number of ether oxygens (including phenoxy) is 1. The summed E-state index contributed by atoms with van der Waals surface area (Å²) in [5.41, 5.74) is 0. The van der Waals surface area contributed by atoms with Gasteiger partial charge in [-0.15, -0.1) is 0 Å². The van der Waals surface area contributed by atoms with Crippen LogP contribution in [0, 0.1) is 0 Å². The number of hydrogen-bond acceptors (Lipinski definition) is 6. The summed E-state index contributed by atoms with van der Waals surface area (Å²) in [6.07, 6.45) is 39.4. The van der Waals surface area contributed by atoms with E-state index in [0.717, 1.165) is 44.9 Å². The van der Waals surface area contributed by atoms with E-state index in [0.29, 0.717) is 38.8 Å². The third-order valence-corrected chi connectivity index (χ3v) is 9.64. The number of allylic oxidation sites excluding steroid dienone is 4. The van der Waals surface area contributed by atoms with Gasteiger partial charge in [-0.2, -0.15) is 0 Å². The molecule has 0 heterocycles. The monoisotopic (exact) mass is 707 g/mol. The summed E-state index contributed by atoms with van der Waals surface area (Å²) in [4.78, 5) is 27.0. The fraction of sp³-hybridized carbons (Fsp3) is 0.860. The summed E-state index contributed by atoms with van der Waals surface area (Å²) in [7, 11) is 1.87. The average molecular weight is 707 g/mol. The Labute approximate surface area is 309 Å². The second-order valence-corrected chi connectivity index (χ2v) is 14.5. The lowest BCUT2D eigenvalue weighted by Gasteiger charge is -2.25. The third kappa shape index (κ3) is 34.7. The first-order valence-electron chi connectivity index (χ1n) is 21.2. The molecule has 0 aliphatic heterocycles. The lowest BCUT2D eigenvalue weighted by Crippen LogP contribution is -2.45. The van der Waals surface area contributed by atoms with Crippen LogP contribution in [0.4, 0.5) is 0 Å². The van der Waals surface area contributed by atoms with Gasteiger partial charge in [0.1, 0.15) is 0 Å². The summed E-state index contributed by atoms with van der Waals surface area (Å²) < 4.78 is 5.52. The fourth-order valence-electron chi connectivity index (χ4n) is 6.24. The topological polar surface area (TPSA) is 99.1 Å². The zero-order chi connectivity index (χ0) is 36.8. The van der Waals surface area contributed by atoms with E-state index in [1.54, 1.807) is 0 Å². The van der Waals surface area contributed by atoms with Gasteiger partial charge >= 0.3 is 5.97 Å². The highest BCUT2D eigenvalue weighted by Crippen LogP contribution is 2.15. The molecule has 0 aromatic carbocycles. The van der Waals surface area contributed by atoms with Crippen LogP contribution in [0.1, 0.15) is 194 Å². The number of amides is 1. The standard InChI is InChI=1S/C43H82N2O5/c1-4-6-8-10-12-14-16-18-19-21-23-25-27-29-31-33-43(49)50-39-35-40(44-42(48)34-36-45(3)37-38-46)41(47)32-30-28-26-24-22-20-17-15-13-11-9-7-5-2/h12,14,18-19,40-41,46-47H,4-11,13,15-17,20-39H2,1-3H3,(H,44,48)/b14-12-,19-18-. The predicted molar refractivity (Wildman–Crippen MR) is 212 cm³/mol. The molecule has 1 amide bonds. The lowest BCUT2D eigenvalue weighted by atomic mass is 9.99. The van der Waals surface area contributed by atoms with Crippen molar-refractivity contribution in [2.75, 3.05) is 33.4 Å². The van der Waals surface area contributed by atoms with E-state index < -0.39 is 12.1 Å². The molecular formula is C43H82N2O5. The molecule has 0 radical (unpaired) electrons. The van der Waals surface area contributed by atoms with Crippen LogP contribution >= 0.6 is 0 Å². The number of esters is 1. The SMILES string of the molecule is CCCCC/C=C\C/C=C\CCCCCCCC(=O)OCCC(NC(=O)CCN(C)CCO)C(O)CCCCCCCCCCCCCCC. The van der Waals surface area contributed by atoms with Gasteiger partial charge in [-0.3, -0.25) is 9.59 Å². The molecule has 50 heavy (non-hydrogen) atoms. The van der Waals surface area contributed by atoms with Gasteiger partial charge in [0.05, 0.1) is 25.4 Å². The van der Waals surface area contributed by atoms with Crippen molar-refractivity contribution in [1.82, 2.24) is 10.2 Å². The Morgan fingerprint density at radius 3 is 1.72 bits per heavy atom. The molecule has 0 aromatic heterocycles. The first kappa shape index (κ1) is 48.3. The van der Waals surface area contributed by atoms with Gasteiger partial charge in [-0.05, 0) is 52.0 Å². The number of rotatable bonds is 38. The van der Waals surface area contributed by atoms with Gasteiger partial charge in [-0.1, -0.05) is 154 Å². The summed E-state index contributed by atoms with van der Waals surface area (Å²) in [6.45, 7) is 5.81. The van der Waals surface area contributed by atoms with E-state index in [1.165, 1.54) is 109 Å². The van der Waals surface area contributed by atoms with Crippen molar-refractivity contribution in [2.24, 2.45) is 0 Å². The molecule has 0 bridgehead atoms. The van der Waals surface area contributed by atoms with Gasteiger partial charge < -0.3 is 25.2 Å². The normalized spacial score (nSPS) is 13.1. The maximum atomic E-state index is 12.7. The minimum atomic E-state index is -0.664. The second kappa shape index (κ2) is 38.5. The Morgan fingerprint density at radius 1 is 0.640 bits per heavy atom. The number of carbonyl (C=O) groups is 2. The molecule has 2 atom stereocenters. The van der Waals surface area contributed by atoms with Gasteiger partial charge in [0.15, 0.2) is 0 Å². The number of hydrogen-bond donors (Lipinski definition) is 3. The highest BCUT2D eigenvalue weighted by atomic mass is 16.5. The molecule has 294 valence electrons. The Hall–Kier alpha value is -1.70. The van der Waals surface area contributed by atoms with Crippen molar-refractivity contribution in [1.29, 1.82) is 0 Å². The van der Waals surface area contributed by atoms with Crippen LogP contribution in [-0.4, -0.2) is 72.5 Å². The summed E-state index contributed by atoms with van der Waals surface area (Å²) in [5, 5.41) is 23.1. The molecule has 0 aliphatic rings. The van der Waals surface area contributed by atoms with Crippen molar-refractivity contribution < 1.29 is 24.5 Å². The first-order chi connectivity index (χ1) is 24.4. The molecule has 0 aliphatic carbocycles. The third-order valence-electron chi connectivity index (χ3n) is 9.64. The number of nitrogens with zero attached hydrogens (tertiary/aromatic N) is 1. The molecule has 0 spiro atoms. The number of carbonyl (C=O) groups excluding carboxylic acids is 2. The molecule has 7 nitrogen and oxygen atoms in total. The van der Waals surface area contributed by atoms with Gasteiger partial charge in [0.2, 0.25) is 5.91 Å². The molecule has 0 aromatic rings. The zero-order valence-corrected chi connectivity index (χ0v) is 33.2. The number of unbranched alkanes of at least 4 members (excludes halogenated alkanes) is 20. The molecular weight excluding hydrogens is 624 g/mol. The Kier molecular flexibility index (Phi) is 37.2. The van der Waals surface area contributed by atoms with Crippen LogP contribution in [0.15, 0.2) is 24.3 Å². The maximum Gasteiger partial charge on any atom is 0.305 e. The predicted octanol–water partition coefficient (Wildman–Crippen LogP) is 10.4. The minimum absolute atomic E-state index is 0.0547. The summed E-state index contributed by atoms with van der Waals surface area (Å²) in [6, 6.07) is -0.438. The minimum Gasteiger partial charge on any atom is -0.466 e. The van der Waals surface area contributed by atoms with Crippen LogP contribution in [0.25, 0.3) is 0 Å². The van der Waals surface area contributed by atoms with E-state index in [-0.39, 0.29) is 25.1 Å². The van der Waals surface area contributed by atoms with Crippen LogP contribution in [0.3, 0.4) is 0 Å². The largest absolute Gasteiger partial charge is 0.466 e. The van der Waals surface area contributed by atoms with Crippen LogP contribution in [0.5, 0.6) is 0 Å². The van der Waals surface area contributed by atoms with Crippen LogP contribution in [-0.2, 0) is 14.3 Å². The average Bonchev–Trinajstić information content (AvgIpc) is 3.10. The van der Waals surface area contributed by atoms with Gasteiger partial charge in [0.25, 0.3) is 0 Å². The van der Waals surface area contributed by atoms with Gasteiger partial charge in [-0.25, -0.2) is 0 Å². The van der Waals surface area contributed by atoms with E-state index in [1.807, 2.05) is 11.9 Å². The molecule has 2 unspecified atom stereocenters. The Bertz CT molecular complexity index is 802. The molecule has 0 rings (SSSR count). The van der Waals surface area contributed by atoms with Gasteiger partial charge in [0, 0.05) is 32.4 Å². The zero-order valence-electron chi connectivity index (χ0n) is 33.2. The van der Waals surface area contributed by atoms with Crippen molar-refractivity contribution in [3.63, 3.8) is 0 Å². The van der Waals surface area contributed by atoms with E-state index in [9.17, 15) is 14.7 Å². The molecule has 7 heteroatoms. The fourth-order valence-corrected chi connectivity index (χ4v) is 6.24. The number of aliphatic hydroxyl groups is 2. The van der Waals surface area contributed by atoms with E-state index in [4.69, 9.17) is 9.84 Å². The summed E-state index contributed by atoms with van der Waals surface area (Å²) >= 11 is 0. The van der Waals surface area contributed by atoms with Crippen LogP contribution in [0.2, 0.25) is 0 Å². The first-order valence-corrected chi connectivity index (χ1v) is 21.2. The highest BCUT2D eigenvalue weighted by Gasteiger charge is 2.22. The molecule has 0 saturated heterocycles. The van der Waals surface area contributed by atoms with E-state index >= 15 is 0 Å². The van der Waals surface area contributed by atoms with Crippen LogP contribution < -0.4 is 5.32 Å². The lowest BCUT2D eigenvalue weighted by molar-refractivity contribution is -0.144. The number of likely N-dealkylation sites (N-methyl/N-ethyl adjacent to an activating group) is 1. The number of nitrogens with one attached hydrogen (secondary N) is 1. The quantitative estimate of drug-likeness (QED) is 0.0336. The second-order valence-electron chi connectivity index (χ2n) is 14.5. The van der Waals surface area contributed by atoms with Crippen molar-refractivity contribution in [3.05, 3.63) is 24.3 Å². The molecule has 0 fully saturated rings. The Morgan fingerprint density at radius 2 is 1.14 bits per heavy atom. The smallest absolute Gasteiger partial charge is 0.305 e. The maximum absolute atomic E-state index is 12.7. The molecule has 0 saturated carbocycles. The van der Waals surface area contributed by atoms with Crippen molar-refractivity contribution in [3.8, 4) is 0 Å². The van der Waals surface area contributed by atoms with Crippen molar-refractivity contribution >= 4 is 11.9 Å².